The van der Waals surface area contributed by atoms with Gasteiger partial charge in [0.1, 0.15) is 0 Å². The van der Waals surface area contributed by atoms with Gasteiger partial charge < -0.3 is 4.98 Å². The molecular formula is C16H14N2O2. The highest BCUT2D eigenvalue weighted by Gasteiger charge is 2.09. The summed E-state index contributed by atoms with van der Waals surface area (Å²) in [6.07, 6.45) is 0. The third kappa shape index (κ3) is 1.95. The van der Waals surface area contributed by atoms with Gasteiger partial charge in [-0.25, -0.2) is 9.36 Å². The van der Waals surface area contributed by atoms with Crippen LogP contribution in [-0.4, -0.2) is 9.55 Å². The molecule has 4 nitrogen and oxygen atoms in total. The van der Waals surface area contributed by atoms with Crippen LogP contribution in [0.25, 0.3) is 16.6 Å². The number of H-pyrrole nitrogens is 1. The number of aromatic nitrogens is 2. The lowest BCUT2D eigenvalue weighted by molar-refractivity contribution is 0.900. The number of aromatic amines is 1. The second-order valence-corrected chi connectivity index (χ2v) is 4.96. The molecule has 2 aromatic carbocycles. The van der Waals surface area contributed by atoms with Crippen molar-refractivity contribution in [1.82, 2.24) is 9.55 Å². The van der Waals surface area contributed by atoms with Crippen LogP contribution < -0.4 is 11.2 Å². The molecule has 0 aliphatic heterocycles. The van der Waals surface area contributed by atoms with Crippen LogP contribution in [0, 0.1) is 13.8 Å². The fourth-order valence-corrected chi connectivity index (χ4v) is 2.26. The summed E-state index contributed by atoms with van der Waals surface area (Å²) in [5, 5.41) is 0.510. The van der Waals surface area contributed by atoms with E-state index in [9.17, 15) is 9.59 Å². The van der Waals surface area contributed by atoms with E-state index in [1.807, 2.05) is 32.0 Å². The Morgan fingerprint density at radius 2 is 1.55 bits per heavy atom. The monoisotopic (exact) mass is 266 g/mol. The van der Waals surface area contributed by atoms with Gasteiger partial charge in [-0.2, -0.15) is 0 Å². The number of hydrogen-bond donors (Lipinski definition) is 1. The van der Waals surface area contributed by atoms with Crippen LogP contribution in [-0.2, 0) is 0 Å². The Kier molecular flexibility index (Phi) is 2.79. The van der Waals surface area contributed by atoms with Crippen molar-refractivity contribution in [3.8, 4) is 5.69 Å². The van der Waals surface area contributed by atoms with Crippen molar-refractivity contribution in [3.05, 3.63) is 74.4 Å². The molecule has 0 unspecified atom stereocenters. The third-order valence-corrected chi connectivity index (χ3v) is 3.35. The Bertz CT molecular complexity index is 902. The minimum Gasteiger partial charge on any atom is -0.306 e. The largest absolute Gasteiger partial charge is 0.333 e. The van der Waals surface area contributed by atoms with Gasteiger partial charge in [0, 0.05) is 0 Å². The summed E-state index contributed by atoms with van der Waals surface area (Å²) >= 11 is 0. The normalized spacial score (nSPS) is 10.9. The smallest absolute Gasteiger partial charge is 0.306 e. The maximum atomic E-state index is 12.5. The lowest BCUT2D eigenvalue weighted by Crippen LogP contribution is -2.33. The molecule has 0 aliphatic carbocycles. The van der Waals surface area contributed by atoms with Gasteiger partial charge in [0.15, 0.2) is 0 Å². The van der Waals surface area contributed by atoms with E-state index in [-0.39, 0.29) is 5.56 Å². The minimum absolute atomic E-state index is 0.299. The standard InChI is InChI=1S/C16H14N2O2/c1-10-3-6-12(7-4-10)18-15(19)13-8-5-11(2)9-14(13)17-16(18)20/h3-9H,1-2H3,(H,17,20). The molecule has 0 radical (unpaired) electrons. The van der Waals surface area contributed by atoms with Gasteiger partial charge >= 0.3 is 5.69 Å². The molecule has 0 saturated heterocycles. The molecule has 0 bridgehead atoms. The quantitative estimate of drug-likeness (QED) is 0.734. The summed E-state index contributed by atoms with van der Waals surface area (Å²) in [6.45, 7) is 3.88. The van der Waals surface area contributed by atoms with E-state index in [4.69, 9.17) is 0 Å². The highest BCUT2D eigenvalue weighted by Crippen LogP contribution is 2.10. The van der Waals surface area contributed by atoms with Gasteiger partial charge in [-0.05, 0) is 43.7 Å². The highest BCUT2D eigenvalue weighted by atomic mass is 16.2. The lowest BCUT2D eigenvalue weighted by Gasteiger charge is -2.07. The highest BCUT2D eigenvalue weighted by molar-refractivity contribution is 5.78. The molecule has 0 atom stereocenters. The van der Waals surface area contributed by atoms with Gasteiger partial charge in [-0.1, -0.05) is 23.8 Å². The van der Waals surface area contributed by atoms with Crippen molar-refractivity contribution in [3.63, 3.8) is 0 Å². The maximum Gasteiger partial charge on any atom is 0.333 e. The second-order valence-electron chi connectivity index (χ2n) is 4.96. The molecule has 1 N–H and O–H groups in total. The fraction of sp³-hybridized carbons (Fsp3) is 0.125. The van der Waals surface area contributed by atoms with Crippen molar-refractivity contribution in [1.29, 1.82) is 0 Å². The molecule has 3 aromatic rings. The first-order valence-electron chi connectivity index (χ1n) is 6.39. The van der Waals surface area contributed by atoms with Gasteiger partial charge in [0.2, 0.25) is 0 Å². The molecule has 0 spiro atoms. The minimum atomic E-state index is -0.419. The molecule has 3 rings (SSSR count). The summed E-state index contributed by atoms with van der Waals surface area (Å²) in [6, 6.07) is 12.7. The topological polar surface area (TPSA) is 54.9 Å². The van der Waals surface area contributed by atoms with Gasteiger partial charge in [0.05, 0.1) is 16.6 Å². The predicted molar refractivity (Wildman–Crippen MR) is 79.6 cm³/mol. The van der Waals surface area contributed by atoms with Gasteiger partial charge in [-0.3, -0.25) is 4.79 Å². The van der Waals surface area contributed by atoms with E-state index >= 15 is 0 Å². The summed E-state index contributed by atoms with van der Waals surface area (Å²) in [5.41, 5.74) is 2.51. The van der Waals surface area contributed by atoms with E-state index in [1.54, 1.807) is 24.3 Å². The molecule has 1 aromatic heterocycles. The number of rotatable bonds is 1. The van der Waals surface area contributed by atoms with Crippen LogP contribution in [0.5, 0.6) is 0 Å². The molecule has 100 valence electrons. The first-order valence-corrected chi connectivity index (χ1v) is 6.39. The zero-order valence-electron chi connectivity index (χ0n) is 11.3. The average Bonchev–Trinajstić information content (AvgIpc) is 2.40. The number of benzene rings is 2. The zero-order chi connectivity index (χ0) is 14.3. The van der Waals surface area contributed by atoms with Gasteiger partial charge in [0.25, 0.3) is 5.56 Å². The Morgan fingerprint density at radius 3 is 2.25 bits per heavy atom. The number of nitrogens with one attached hydrogen (secondary N) is 1. The number of aryl methyl sites for hydroxylation is 2. The number of hydrogen-bond acceptors (Lipinski definition) is 2. The Balaban J connectivity index is 2.37. The van der Waals surface area contributed by atoms with Crippen LogP contribution in [0.3, 0.4) is 0 Å². The Labute approximate surface area is 115 Å². The maximum absolute atomic E-state index is 12.5. The van der Waals surface area contributed by atoms with Crippen molar-refractivity contribution < 1.29 is 0 Å². The van der Waals surface area contributed by atoms with Crippen molar-refractivity contribution in [2.24, 2.45) is 0 Å². The Hall–Kier alpha value is -2.62. The van der Waals surface area contributed by atoms with E-state index in [2.05, 4.69) is 4.98 Å². The van der Waals surface area contributed by atoms with Crippen LogP contribution in [0.2, 0.25) is 0 Å². The molecule has 4 heteroatoms. The molecule has 0 amide bonds. The van der Waals surface area contributed by atoms with Crippen LogP contribution >= 0.6 is 0 Å². The first kappa shape index (κ1) is 12.4. The van der Waals surface area contributed by atoms with Gasteiger partial charge in [-0.15, -0.1) is 0 Å². The first-order chi connectivity index (χ1) is 9.56. The molecule has 0 fully saturated rings. The molecule has 0 aliphatic rings. The SMILES string of the molecule is Cc1ccc(-n2c(=O)[nH]c3cc(C)ccc3c2=O)cc1. The van der Waals surface area contributed by atoms with E-state index in [0.29, 0.717) is 16.6 Å². The average molecular weight is 266 g/mol. The summed E-state index contributed by atoms with van der Waals surface area (Å²) in [7, 11) is 0. The Morgan fingerprint density at radius 1 is 0.900 bits per heavy atom. The summed E-state index contributed by atoms with van der Waals surface area (Å²) < 4.78 is 1.16. The molecule has 1 heterocycles. The number of fused-ring (bicyclic) bond motifs is 1. The molecule has 0 saturated carbocycles. The number of nitrogens with zero attached hydrogens (tertiary/aromatic N) is 1. The van der Waals surface area contributed by atoms with Crippen molar-refractivity contribution in [2.45, 2.75) is 13.8 Å². The zero-order valence-corrected chi connectivity index (χ0v) is 11.3. The molecular weight excluding hydrogens is 252 g/mol. The third-order valence-electron chi connectivity index (χ3n) is 3.35. The van der Waals surface area contributed by atoms with E-state index in [1.165, 1.54) is 0 Å². The van der Waals surface area contributed by atoms with Crippen LogP contribution in [0.15, 0.2) is 52.1 Å². The van der Waals surface area contributed by atoms with Crippen LogP contribution in [0.1, 0.15) is 11.1 Å². The molecule has 20 heavy (non-hydrogen) atoms. The fourth-order valence-electron chi connectivity index (χ4n) is 2.26. The summed E-state index contributed by atoms with van der Waals surface area (Å²) in [4.78, 5) is 27.4. The predicted octanol–water partition coefficient (Wildman–Crippen LogP) is 2.30. The second kappa shape index (κ2) is 4.49. The van der Waals surface area contributed by atoms with Crippen LogP contribution in [0.4, 0.5) is 0 Å². The van der Waals surface area contributed by atoms with Crippen molar-refractivity contribution in [2.75, 3.05) is 0 Å². The van der Waals surface area contributed by atoms with E-state index in [0.717, 1.165) is 15.7 Å². The summed E-state index contributed by atoms with van der Waals surface area (Å²) in [5.74, 6) is 0. The lowest BCUT2D eigenvalue weighted by atomic mass is 10.1. The van der Waals surface area contributed by atoms with E-state index < -0.39 is 5.69 Å². The van der Waals surface area contributed by atoms with Crippen molar-refractivity contribution >= 4 is 10.9 Å².